The van der Waals surface area contributed by atoms with Gasteiger partial charge in [-0.2, -0.15) is 10.2 Å². The molecule has 2 heterocycles. The van der Waals surface area contributed by atoms with E-state index in [0.29, 0.717) is 23.7 Å². The Hall–Kier alpha value is -2.50. The summed E-state index contributed by atoms with van der Waals surface area (Å²) in [4.78, 5) is 8.00. The first-order chi connectivity index (χ1) is 8.43. The number of rotatable bonds is 3. The fourth-order valence-corrected chi connectivity index (χ4v) is 1.49. The molecule has 0 bridgehead atoms. The summed E-state index contributed by atoms with van der Waals surface area (Å²) in [5, 5.41) is 10.3. The molecule has 84 valence electrons. The number of H-pyrrole nitrogens is 1. The molecule has 0 saturated heterocycles. The molecule has 0 amide bonds. The molecule has 1 N–H and O–H groups in total. The maximum atomic E-state index is 5.59. The highest BCUT2D eigenvalue weighted by molar-refractivity contribution is 5.73. The molecule has 1 aromatic carbocycles. The number of aromatic nitrogens is 5. The van der Waals surface area contributed by atoms with Crippen molar-refractivity contribution < 1.29 is 4.74 Å². The van der Waals surface area contributed by atoms with E-state index in [1.54, 1.807) is 0 Å². The van der Waals surface area contributed by atoms with Crippen LogP contribution in [0.2, 0.25) is 0 Å². The fraction of sp³-hybridized carbons (Fsp3) is 0.0909. The van der Waals surface area contributed by atoms with E-state index in [-0.39, 0.29) is 0 Å². The van der Waals surface area contributed by atoms with E-state index >= 15 is 0 Å². The number of hydrogen-bond acceptors (Lipinski definition) is 5. The Morgan fingerprint density at radius 1 is 1.06 bits per heavy atom. The highest BCUT2D eigenvalue weighted by Crippen LogP contribution is 2.17. The number of nitrogens with one attached hydrogen (secondary N) is 1. The summed E-state index contributed by atoms with van der Waals surface area (Å²) >= 11 is 0. The lowest BCUT2D eigenvalue weighted by Gasteiger charge is -2.04. The number of ether oxygens (including phenoxy) is 1. The summed E-state index contributed by atoms with van der Waals surface area (Å²) in [6.07, 6.45) is 1.41. The molecule has 0 unspecified atom stereocenters. The minimum Gasteiger partial charge on any atom is -0.471 e. The van der Waals surface area contributed by atoms with E-state index in [4.69, 9.17) is 4.74 Å². The lowest BCUT2D eigenvalue weighted by Crippen LogP contribution is -1.98. The van der Waals surface area contributed by atoms with E-state index in [9.17, 15) is 0 Å². The molecule has 0 aliphatic heterocycles. The number of fused-ring (bicyclic) bond motifs is 1. The highest BCUT2D eigenvalue weighted by atomic mass is 16.5. The number of nitrogens with zero attached hydrogens (tertiary/aromatic N) is 4. The Bertz CT molecular complexity index is 622. The number of hydrogen-bond donors (Lipinski definition) is 1. The van der Waals surface area contributed by atoms with Crippen LogP contribution >= 0.6 is 0 Å². The Morgan fingerprint density at radius 2 is 1.94 bits per heavy atom. The lowest BCUT2D eigenvalue weighted by atomic mass is 10.2. The van der Waals surface area contributed by atoms with E-state index in [1.165, 1.54) is 6.33 Å². The first-order valence-electron chi connectivity index (χ1n) is 5.12. The van der Waals surface area contributed by atoms with Crippen LogP contribution in [0, 0.1) is 0 Å². The summed E-state index contributed by atoms with van der Waals surface area (Å²) in [7, 11) is 0. The third-order valence-electron chi connectivity index (χ3n) is 2.31. The molecule has 0 fully saturated rings. The molecular weight excluding hydrogens is 218 g/mol. The highest BCUT2D eigenvalue weighted by Gasteiger charge is 2.08. The minimum atomic E-state index is 0.438. The zero-order valence-corrected chi connectivity index (χ0v) is 8.87. The van der Waals surface area contributed by atoms with Crippen molar-refractivity contribution in [1.82, 2.24) is 25.4 Å². The number of benzene rings is 1. The van der Waals surface area contributed by atoms with Gasteiger partial charge < -0.3 is 4.74 Å². The predicted octanol–water partition coefficient (Wildman–Crippen LogP) is 1.33. The van der Waals surface area contributed by atoms with Crippen LogP contribution in [0.1, 0.15) is 5.56 Å². The van der Waals surface area contributed by atoms with Gasteiger partial charge in [0.05, 0.1) is 0 Å². The molecule has 6 heteroatoms. The van der Waals surface area contributed by atoms with Crippen molar-refractivity contribution in [1.29, 1.82) is 0 Å². The quantitative estimate of drug-likeness (QED) is 0.730. The third kappa shape index (κ3) is 1.92. The van der Waals surface area contributed by atoms with Gasteiger partial charge in [0.2, 0.25) is 11.5 Å². The fourth-order valence-electron chi connectivity index (χ4n) is 1.49. The molecule has 17 heavy (non-hydrogen) atoms. The second-order valence-corrected chi connectivity index (χ2v) is 3.45. The summed E-state index contributed by atoms with van der Waals surface area (Å²) in [6, 6.07) is 9.86. The second kappa shape index (κ2) is 4.17. The molecule has 0 atom stereocenters. The largest absolute Gasteiger partial charge is 0.471 e. The van der Waals surface area contributed by atoms with E-state index in [1.807, 2.05) is 30.3 Å². The third-order valence-corrected chi connectivity index (χ3v) is 2.31. The van der Waals surface area contributed by atoms with Crippen molar-refractivity contribution >= 4 is 11.2 Å². The van der Waals surface area contributed by atoms with Gasteiger partial charge in [-0.15, -0.1) is 10.2 Å². The molecule has 0 aliphatic carbocycles. The maximum absolute atomic E-state index is 5.59. The molecule has 0 aliphatic rings. The molecule has 6 nitrogen and oxygen atoms in total. The zero-order chi connectivity index (χ0) is 11.5. The van der Waals surface area contributed by atoms with Gasteiger partial charge >= 0.3 is 0 Å². The zero-order valence-electron chi connectivity index (χ0n) is 8.87. The van der Waals surface area contributed by atoms with Gasteiger partial charge in [-0.05, 0) is 5.56 Å². The van der Waals surface area contributed by atoms with Crippen LogP contribution in [-0.2, 0) is 6.61 Å². The lowest BCUT2D eigenvalue weighted by molar-refractivity contribution is 0.297. The van der Waals surface area contributed by atoms with Crippen LogP contribution in [0.15, 0.2) is 36.7 Å². The Kier molecular flexibility index (Phi) is 2.38. The van der Waals surface area contributed by atoms with Crippen molar-refractivity contribution in [2.75, 3.05) is 0 Å². The van der Waals surface area contributed by atoms with Crippen molar-refractivity contribution in [3.63, 3.8) is 0 Å². The molecule has 0 spiro atoms. The van der Waals surface area contributed by atoms with Gasteiger partial charge in [0, 0.05) is 0 Å². The topological polar surface area (TPSA) is 76.6 Å². The van der Waals surface area contributed by atoms with Crippen LogP contribution in [0.3, 0.4) is 0 Å². The summed E-state index contributed by atoms with van der Waals surface area (Å²) in [5.74, 6) is 0.438. The average Bonchev–Trinajstić information content (AvgIpc) is 2.86. The van der Waals surface area contributed by atoms with Crippen molar-refractivity contribution in [2.45, 2.75) is 6.61 Å². The molecular formula is C11H9N5O. The standard InChI is InChI=1S/C11H9N5O/c1-2-4-8(5-3-1)6-17-11-9-10(12-7-13-11)15-16-14-9/h1-5,7H,6H2,(H,12,13,14,15,16). The molecule has 3 rings (SSSR count). The maximum Gasteiger partial charge on any atom is 0.247 e. The van der Waals surface area contributed by atoms with Crippen LogP contribution < -0.4 is 4.74 Å². The Labute approximate surface area is 96.7 Å². The summed E-state index contributed by atoms with van der Waals surface area (Å²) < 4.78 is 5.59. The molecule has 0 radical (unpaired) electrons. The Balaban J connectivity index is 1.84. The van der Waals surface area contributed by atoms with Crippen molar-refractivity contribution in [2.24, 2.45) is 0 Å². The van der Waals surface area contributed by atoms with Crippen molar-refractivity contribution in [3.05, 3.63) is 42.2 Å². The SMILES string of the molecule is c1ccc(COc2ncnc3n[nH]nc23)cc1. The van der Waals surface area contributed by atoms with Gasteiger partial charge in [-0.25, -0.2) is 4.98 Å². The van der Waals surface area contributed by atoms with E-state index in [2.05, 4.69) is 25.4 Å². The smallest absolute Gasteiger partial charge is 0.247 e. The summed E-state index contributed by atoms with van der Waals surface area (Å²) in [5.41, 5.74) is 2.12. The van der Waals surface area contributed by atoms with Crippen LogP contribution in [0.5, 0.6) is 5.88 Å². The molecule has 3 aromatic rings. The normalized spacial score (nSPS) is 10.6. The minimum absolute atomic E-state index is 0.438. The predicted molar refractivity (Wildman–Crippen MR) is 60.3 cm³/mol. The van der Waals surface area contributed by atoms with E-state index < -0.39 is 0 Å². The monoisotopic (exact) mass is 227 g/mol. The van der Waals surface area contributed by atoms with Crippen LogP contribution in [0.4, 0.5) is 0 Å². The first kappa shape index (κ1) is 9.71. The van der Waals surface area contributed by atoms with E-state index in [0.717, 1.165) is 5.56 Å². The first-order valence-corrected chi connectivity index (χ1v) is 5.12. The van der Waals surface area contributed by atoms with Crippen molar-refractivity contribution in [3.8, 4) is 5.88 Å². The van der Waals surface area contributed by atoms with Gasteiger partial charge in [-0.3, -0.25) is 0 Å². The van der Waals surface area contributed by atoms with Crippen LogP contribution in [-0.4, -0.2) is 25.4 Å². The number of aromatic amines is 1. The van der Waals surface area contributed by atoms with Crippen LogP contribution in [0.25, 0.3) is 11.2 Å². The summed E-state index contributed by atoms with van der Waals surface area (Å²) in [6.45, 7) is 0.444. The average molecular weight is 227 g/mol. The van der Waals surface area contributed by atoms with Gasteiger partial charge in [0.25, 0.3) is 0 Å². The molecule has 0 saturated carbocycles. The Morgan fingerprint density at radius 3 is 2.82 bits per heavy atom. The second-order valence-electron chi connectivity index (χ2n) is 3.45. The van der Waals surface area contributed by atoms with Gasteiger partial charge in [-0.1, -0.05) is 30.3 Å². The van der Waals surface area contributed by atoms with Gasteiger partial charge in [0.15, 0.2) is 5.52 Å². The van der Waals surface area contributed by atoms with Gasteiger partial charge in [0.1, 0.15) is 12.9 Å². The molecule has 2 aromatic heterocycles.